The second-order valence-corrected chi connectivity index (χ2v) is 4.54. The first-order valence-electron chi connectivity index (χ1n) is 4.03. The maximum atomic E-state index is 11.5. The molecular weight excluding hydrogens is 188 g/mol. The minimum atomic E-state index is -3.34. The molecule has 0 amide bonds. The van der Waals surface area contributed by atoms with E-state index in [-0.39, 0.29) is 0 Å². The third-order valence-corrected chi connectivity index (χ3v) is 3.38. The highest BCUT2D eigenvalue weighted by Gasteiger charge is 2.19. The lowest BCUT2D eigenvalue weighted by molar-refractivity contribution is 0.564. The van der Waals surface area contributed by atoms with Gasteiger partial charge in [-0.05, 0) is 18.1 Å². The van der Waals surface area contributed by atoms with Crippen LogP contribution in [0.3, 0.4) is 0 Å². The number of hydrazine groups is 1. The number of rotatable bonds is 0. The van der Waals surface area contributed by atoms with Gasteiger partial charge >= 0.3 is 0 Å². The van der Waals surface area contributed by atoms with E-state index in [4.69, 9.17) is 0 Å². The summed E-state index contributed by atoms with van der Waals surface area (Å²) >= 11 is 0. The first kappa shape index (κ1) is 8.68. The van der Waals surface area contributed by atoms with Crippen LogP contribution in [-0.4, -0.2) is 15.0 Å². The van der Waals surface area contributed by atoms with Gasteiger partial charge in [0.25, 0.3) is 10.0 Å². The van der Waals surface area contributed by atoms with E-state index in [1.165, 1.54) is 0 Å². The summed E-state index contributed by atoms with van der Waals surface area (Å²) in [4.78, 5) is 2.67. The van der Waals surface area contributed by atoms with Crippen molar-refractivity contribution < 1.29 is 8.42 Å². The maximum Gasteiger partial charge on any atom is 0.253 e. The molecule has 1 aliphatic rings. The van der Waals surface area contributed by atoms with Crippen molar-refractivity contribution in [2.45, 2.75) is 11.3 Å². The lowest BCUT2D eigenvalue weighted by Crippen LogP contribution is -2.36. The second kappa shape index (κ2) is 3.10. The molecule has 5 heteroatoms. The van der Waals surface area contributed by atoms with Crippen LogP contribution in [-0.2, 0) is 16.4 Å². The summed E-state index contributed by atoms with van der Waals surface area (Å²) in [5.41, 5.74) is 3.51. The first-order chi connectivity index (χ1) is 6.20. The molecule has 13 heavy (non-hydrogen) atoms. The van der Waals surface area contributed by atoms with Crippen molar-refractivity contribution in [3.8, 4) is 0 Å². The Labute approximate surface area is 77.0 Å². The largest absolute Gasteiger partial charge is 0.253 e. The fourth-order valence-electron chi connectivity index (χ4n) is 1.37. The SMILES string of the molecule is O=S1(=O)NNCCc2ccccc21. The Morgan fingerprint density at radius 2 is 2.00 bits per heavy atom. The number of benzene rings is 1. The molecule has 0 fully saturated rings. The highest BCUT2D eigenvalue weighted by atomic mass is 32.2. The summed E-state index contributed by atoms with van der Waals surface area (Å²) in [7, 11) is -3.34. The van der Waals surface area contributed by atoms with E-state index in [0.717, 1.165) is 12.0 Å². The Balaban J connectivity index is 2.62. The van der Waals surface area contributed by atoms with Crippen molar-refractivity contribution in [2.75, 3.05) is 6.54 Å². The van der Waals surface area contributed by atoms with Crippen molar-refractivity contribution in [1.82, 2.24) is 10.3 Å². The van der Waals surface area contributed by atoms with Crippen LogP contribution in [0.2, 0.25) is 0 Å². The van der Waals surface area contributed by atoms with Gasteiger partial charge in [-0.3, -0.25) is 0 Å². The molecule has 4 nitrogen and oxygen atoms in total. The number of hydrogen-bond acceptors (Lipinski definition) is 3. The topological polar surface area (TPSA) is 58.2 Å². The zero-order valence-electron chi connectivity index (χ0n) is 6.95. The van der Waals surface area contributed by atoms with Gasteiger partial charge in [0.1, 0.15) is 0 Å². The van der Waals surface area contributed by atoms with E-state index in [9.17, 15) is 8.42 Å². The van der Waals surface area contributed by atoms with E-state index in [1.807, 2.05) is 12.1 Å². The van der Waals surface area contributed by atoms with Gasteiger partial charge in [0, 0.05) is 6.54 Å². The van der Waals surface area contributed by atoms with Crippen LogP contribution in [0.25, 0.3) is 0 Å². The fourth-order valence-corrected chi connectivity index (χ4v) is 2.55. The molecule has 0 unspecified atom stereocenters. The average molecular weight is 198 g/mol. The molecule has 2 rings (SSSR count). The molecule has 0 spiro atoms. The molecule has 0 aliphatic carbocycles. The standard InChI is InChI=1S/C8H10N2O2S/c11-13(12)8-4-2-1-3-7(8)5-6-9-10-13/h1-4,9-10H,5-6H2. The number of fused-ring (bicyclic) bond motifs is 1. The summed E-state index contributed by atoms with van der Waals surface area (Å²) in [6, 6.07) is 7.02. The van der Waals surface area contributed by atoms with E-state index in [2.05, 4.69) is 10.3 Å². The first-order valence-corrected chi connectivity index (χ1v) is 5.51. The minimum absolute atomic E-state index is 0.375. The molecule has 0 saturated heterocycles. The monoisotopic (exact) mass is 198 g/mol. The van der Waals surface area contributed by atoms with Gasteiger partial charge in [-0.15, -0.1) is 4.83 Å². The Kier molecular flexibility index (Phi) is 2.07. The van der Waals surface area contributed by atoms with E-state index in [1.54, 1.807) is 12.1 Å². The van der Waals surface area contributed by atoms with E-state index in [0.29, 0.717) is 11.4 Å². The zero-order chi connectivity index (χ0) is 9.31. The highest BCUT2D eigenvalue weighted by Crippen LogP contribution is 2.16. The van der Waals surface area contributed by atoms with Crippen LogP contribution >= 0.6 is 0 Å². The molecule has 1 heterocycles. The number of hydrogen-bond donors (Lipinski definition) is 2. The molecule has 0 radical (unpaired) electrons. The predicted molar refractivity (Wildman–Crippen MR) is 48.5 cm³/mol. The van der Waals surface area contributed by atoms with Crippen molar-refractivity contribution >= 4 is 10.0 Å². The molecular formula is C8H10N2O2S. The second-order valence-electron chi connectivity index (χ2n) is 2.89. The third-order valence-electron chi connectivity index (χ3n) is 1.99. The van der Waals surface area contributed by atoms with Gasteiger partial charge in [0.05, 0.1) is 4.90 Å². The van der Waals surface area contributed by atoms with E-state index >= 15 is 0 Å². The Bertz CT molecular complexity index is 414. The van der Waals surface area contributed by atoms with Crippen LogP contribution in [0.1, 0.15) is 5.56 Å². The van der Waals surface area contributed by atoms with Crippen LogP contribution in [0.15, 0.2) is 29.2 Å². The molecule has 70 valence electrons. The molecule has 0 atom stereocenters. The summed E-state index contributed by atoms with van der Waals surface area (Å²) in [6.45, 7) is 0.621. The van der Waals surface area contributed by atoms with Crippen molar-refractivity contribution in [2.24, 2.45) is 0 Å². The van der Waals surface area contributed by atoms with Crippen LogP contribution in [0.5, 0.6) is 0 Å². The Morgan fingerprint density at radius 3 is 2.85 bits per heavy atom. The van der Waals surface area contributed by atoms with Crippen LogP contribution in [0, 0.1) is 0 Å². The molecule has 0 bridgehead atoms. The quantitative estimate of drug-likeness (QED) is 0.618. The molecule has 1 aromatic rings. The van der Waals surface area contributed by atoms with Crippen molar-refractivity contribution in [3.63, 3.8) is 0 Å². The molecule has 1 aliphatic heterocycles. The number of nitrogens with one attached hydrogen (secondary N) is 2. The van der Waals surface area contributed by atoms with Gasteiger partial charge in [-0.25, -0.2) is 13.8 Å². The molecule has 0 aromatic heterocycles. The third kappa shape index (κ3) is 1.58. The van der Waals surface area contributed by atoms with Crippen molar-refractivity contribution in [1.29, 1.82) is 0 Å². The maximum absolute atomic E-state index is 11.5. The summed E-state index contributed by atoms with van der Waals surface area (Å²) in [5, 5.41) is 0. The fraction of sp³-hybridized carbons (Fsp3) is 0.250. The minimum Gasteiger partial charge on any atom is -0.244 e. The number of sulfonamides is 1. The molecule has 1 aromatic carbocycles. The zero-order valence-corrected chi connectivity index (χ0v) is 7.76. The predicted octanol–water partition coefficient (Wildman–Crippen LogP) is 0.0256. The van der Waals surface area contributed by atoms with Gasteiger partial charge in [-0.1, -0.05) is 18.2 Å². The molecule has 0 saturated carbocycles. The van der Waals surface area contributed by atoms with Gasteiger partial charge < -0.3 is 0 Å². The highest BCUT2D eigenvalue weighted by molar-refractivity contribution is 7.89. The summed E-state index contributed by atoms with van der Waals surface area (Å²) in [5.74, 6) is 0. The van der Waals surface area contributed by atoms with Gasteiger partial charge in [0.15, 0.2) is 0 Å². The lowest BCUT2D eigenvalue weighted by Gasteiger charge is -2.03. The smallest absolute Gasteiger partial charge is 0.244 e. The van der Waals surface area contributed by atoms with Gasteiger partial charge in [-0.2, -0.15) is 0 Å². The van der Waals surface area contributed by atoms with Crippen molar-refractivity contribution in [3.05, 3.63) is 29.8 Å². The normalized spacial score (nSPS) is 20.3. The average Bonchev–Trinajstić information content (AvgIpc) is 2.26. The lowest BCUT2D eigenvalue weighted by atomic mass is 10.1. The summed E-state index contributed by atoms with van der Waals surface area (Å²) < 4.78 is 23.0. The van der Waals surface area contributed by atoms with Crippen LogP contribution < -0.4 is 10.3 Å². The van der Waals surface area contributed by atoms with Crippen LogP contribution in [0.4, 0.5) is 0 Å². The van der Waals surface area contributed by atoms with E-state index < -0.39 is 10.0 Å². The van der Waals surface area contributed by atoms with Gasteiger partial charge in [0.2, 0.25) is 0 Å². The molecule has 2 N–H and O–H groups in total. The Hall–Kier alpha value is -0.910. The summed E-state index contributed by atoms with van der Waals surface area (Å²) in [6.07, 6.45) is 0.725. The Morgan fingerprint density at radius 1 is 1.23 bits per heavy atom.